The van der Waals surface area contributed by atoms with Crippen molar-refractivity contribution in [2.75, 3.05) is 24.7 Å². The number of sulfone groups is 1. The number of carbonyl (C=O) groups is 1. The molecule has 0 bridgehead atoms. The first-order valence-electron chi connectivity index (χ1n) is 9.63. The summed E-state index contributed by atoms with van der Waals surface area (Å²) in [6.07, 6.45) is 1.72. The summed E-state index contributed by atoms with van der Waals surface area (Å²) in [5, 5.41) is 12.2. The van der Waals surface area contributed by atoms with Crippen molar-refractivity contribution in [3.8, 4) is 10.8 Å². The Kier molecular flexibility index (Phi) is 6.16. The molecule has 13 heteroatoms. The molecule has 0 aliphatic carbocycles. The number of benzene rings is 1. The second-order valence-corrected chi connectivity index (χ2v) is 12.2. The summed E-state index contributed by atoms with van der Waals surface area (Å²) in [5.74, 6) is -0.384. The number of piperidine rings is 1. The van der Waals surface area contributed by atoms with Gasteiger partial charge < -0.3 is 4.42 Å². The van der Waals surface area contributed by atoms with Crippen molar-refractivity contribution in [1.82, 2.24) is 14.5 Å². The van der Waals surface area contributed by atoms with E-state index in [1.54, 1.807) is 0 Å². The van der Waals surface area contributed by atoms with Crippen LogP contribution in [0.4, 0.5) is 6.01 Å². The average Bonchev–Trinajstić information content (AvgIpc) is 3.45. The first kappa shape index (κ1) is 22.6. The summed E-state index contributed by atoms with van der Waals surface area (Å²) < 4.78 is 55.7. The zero-order valence-electron chi connectivity index (χ0n) is 17.0. The molecule has 3 heterocycles. The number of nitrogens with one attached hydrogen (secondary N) is 1. The number of aromatic nitrogens is 2. The van der Waals surface area contributed by atoms with E-state index in [1.807, 2.05) is 17.5 Å². The molecule has 0 spiro atoms. The maximum Gasteiger partial charge on any atom is 0.322 e. The van der Waals surface area contributed by atoms with Gasteiger partial charge in [-0.05, 0) is 48.6 Å². The second-order valence-electron chi connectivity index (χ2n) is 7.30. The lowest BCUT2D eigenvalue weighted by Crippen LogP contribution is -2.41. The minimum atomic E-state index is -3.79. The highest BCUT2D eigenvalue weighted by Crippen LogP contribution is 2.27. The number of carbonyl (C=O) groups excluding carboxylic acids is 1. The number of hydrogen-bond acceptors (Lipinski definition) is 9. The fraction of sp³-hybridized carbons (Fsp3) is 0.316. The molecule has 0 unspecified atom stereocenters. The quantitative estimate of drug-likeness (QED) is 0.548. The van der Waals surface area contributed by atoms with Gasteiger partial charge in [-0.15, -0.1) is 16.4 Å². The highest BCUT2D eigenvalue weighted by Gasteiger charge is 2.32. The van der Waals surface area contributed by atoms with Gasteiger partial charge >= 0.3 is 6.01 Å². The number of nitrogens with zero attached hydrogens (tertiary/aromatic N) is 3. The van der Waals surface area contributed by atoms with Crippen LogP contribution in [-0.4, -0.2) is 56.6 Å². The van der Waals surface area contributed by atoms with E-state index in [0.29, 0.717) is 18.7 Å². The Hall–Kier alpha value is -2.61. The fourth-order valence-electron chi connectivity index (χ4n) is 3.35. The van der Waals surface area contributed by atoms with Crippen LogP contribution < -0.4 is 5.32 Å². The molecule has 2 aromatic heterocycles. The van der Waals surface area contributed by atoms with E-state index in [1.165, 1.54) is 39.9 Å². The maximum absolute atomic E-state index is 12.9. The van der Waals surface area contributed by atoms with E-state index in [2.05, 4.69) is 15.5 Å². The molecule has 1 aliphatic heterocycles. The monoisotopic (exact) mass is 496 g/mol. The standard InChI is InChI=1S/C19H20N4O6S3/c1-31(25,26)14-4-6-15(7-5-14)32(27,28)23-10-8-13(9-11-23)17(24)20-19-22-21-18(29-19)16-3-2-12-30-16/h2-7,12-13H,8-11H2,1H3,(H,20,22,24). The van der Waals surface area contributed by atoms with Gasteiger partial charge in [0.15, 0.2) is 9.84 Å². The minimum Gasteiger partial charge on any atom is -0.402 e. The van der Waals surface area contributed by atoms with Gasteiger partial charge in [0, 0.05) is 25.3 Å². The molecule has 1 saturated heterocycles. The maximum atomic E-state index is 12.9. The number of amides is 1. The van der Waals surface area contributed by atoms with Crippen LogP contribution in [0.15, 0.2) is 56.0 Å². The topological polar surface area (TPSA) is 140 Å². The number of anilines is 1. The van der Waals surface area contributed by atoms with E-state index in [4.69, 9.17) is 4.42 Å². The first-order valence-corrected chi connectivity index (χ1v) is 13.8. The van der Waals surface area contributed by atoms with E-state index in [0.717, 1.165) is 11.1 Å². The number of sulfonamides is 1. The zero-order chi connectivity index (χ0) is 22.9. The smallest absolute Gasteiger partial charge is 0.322 e. The van der Waals surface area contributed by atoms with Crippen molar-refractivity contribution >= 4 is 43.1 Å². The predicted molar refractivity (Wildman–Crippen MR) is 117 cm³/mol. The van der Waals surface area contributed by atoms with Gasteiger partial charge in [0.1, 0.15) is 0 Å². The van der Waals surface area contributed by atoms with Gasteiger partial charge in [0.05, 0.1) is 14.7 Å². The molecule has 1 aromatic carbocycles. The summed E-state index contributed by atoms with van der Waals surface area (Å²) >= 11 is 1.44. The van der Waals surface area contributed by atoms with Crippen LogP contribution in [0.1, 0.15) is 12.8 Å². The Morgan fingerprint density at radius 3 is 2.31 bits per heavy atom. The molecule has 1 aliphatic rings. The SMILES string of the molecule is CS(=O)(=O)c1ccc(S(=O)(=O)N2CCC(C(=O)Nc3nnc(-c4cccs4)o3)CC2)cc1. The molecule has 0 saturated carbocycles. The van der Waals surface area contributed by atoms with Crippen LogP contribution in [0.25, 0.3) is 10.8 Å². The summed E-state index contributed by atoms with van der Waals surface area (Å²) in [6.45, 7) is 0.330. The molecule has 0 radical (unpaired) electrons. The van der Waals surface area contributed by atoms with Gasteiger partial charge in [0.2, 0.25) is 15.9 Å². The lowest BCUT2D eigenvalue weighted by atomic mass is 9.97. The second kappa shape index (κ2) is 8.73. The summed E-state index contributed by atoms with van der Waals surface area (Å²) in [5.41, 5.74) is 0. The molecule has 1 fully saturated rings. The zero-order valence-corrected chi connectivity index (χ0v) is 19.4. The van der Waals surface area contributed by atoms with Crippen molar-refractivity contribution in [2.45, 2.75) is 22.6 Å². The highest BCUT2D eigenvalue weighted by molar-refractivity contribution is 7.90. The molecule has 170 valence electrons. The lowest BCUT2D eigenvalue weighted by Gasteiger charge is -2.30. The number of hydrogen-bond donors (Lipinski definition) is 1. The Labute approximate surface area is 189 Å². The normalized spacial score (nSPS) is 16.2. The predicted octanol–water partition coefficient (Wildman–Crippen LogP) is 2.24. The summed E-state index contributed by atoms with van der Waals surface area (Å²) in [6, 6.07) is 8.80. The molecule has 4 rings (SSSR count). The van der Waals surface area contributed by atoms with E-state index in [9.17, 15) is 21.6 Å². The van der Waals surface area contributed by atoms with Gasteiger partial charge in [0.25, 0.3) is 5.89 Å². The Bertz CT molecular complexity index is 1310. The third-order valence-corrected chi connectivity index (χ3v) is 9.00. The third kappa shape index (κ3) is 4.75. The first-order chi connectivity index (χ1) is 15.1. The molecule has 3 aromatic rings. The van der Waals surface area contributed by atoms with Crippen molar-refractivity contribution < 1.29 is 26.0 Å². The van der Waals surface area contributed by atoms with Gasteiger partial charge in [-0.3, -0.25) is 10.1 Å². The van der Waals surface area contributed by atoms with Crippen LogP contribution in [0.5, 0.6) is 0 Å². The molecule has 10 nitrogen and oxygen atoms in total. The minimum absolute atomic E-state index is 0.000540. The Morgan fingerprint density at radius 1 is 1.06 bits per heavy atom. The van der Waals surface area contributed by atoms with Crippen LogP contribution in [-0.2, 0) is 24.7 Å². The molecular formula is C19H20N4O6S3. The average molecular weight is 497 g/mol. The van der Waals surface area contributed by atoms with Crippen molar-refractivity contribution in [1.29, 1.82) is 0 Å². The third-order valence-electron chi connectivity index (χ3n) is 5.10. The van der Waals surface area contributed by atoms with Gasteiger partial charge in [-0.25, -0.2) is 16.8 Å². The van der Waals surface area contributed by atoms with Gasteiger partial charge in [-0.2, -0.15) is 4.31 Å². The Balaban J connectivity index is 1.36. The van der Waals surface area contributed by atoms with E-state index < -0.39 is 25.8 Å². The van der Waals surface area contributed by atoms with E-state index >= 15 is 0 Å². The fourth-order valence-corrected chi connectivity index (χ4v) is 6.09. The van der Waals surface area contributed by atoms with E-state index in [-0.39, 0.29) is 34.8 Å². The lowest BCUT2D eigenvalue weighted by molar-refractivity contribution is -0.121. The van der Waals surface area contributed by atoms with Crippen LogP contribution >= 0.6 is 11.3 Å². The number of rotatable bonds is 6. The largest absolute Gasteiger partial charge is 0.402 e. The molecule has 1 amide bonds. The van der Waals surface area contributed by atoms with Crippen molar-refractivity contribution in [2.24, 2.45) is 5.92 Å². The van der Waals surface area contributed by atoms with Crippen molar-refractivity contribution in [3.63, 3.8) is 0 Å². The van der Waals surface area contributed by atoms with Crippen LogP contribution in [0.3, 0.4) is 0 Å². The molecular weight excluding hydrogens is 476 g/mol. The number of thiophene rings is 1. The molecule has 1 N–H and O–H groups in total. The Morgan fingerprint density at radius 2 is 1.72 bits per heavy atom. The van der Waals surface area contributed by atoms with Crippen LogP contribution in [0.2, 0.25) is 0 Å². The summed E-state index contributed by atoms with van der Waals surface area (Å²) in [7, 11) is -7.20. The highest BCUT2D eigenvalue weighted by atomic mass is 32.2. The molecule has 0 atom stereocenters. The van der Waals surface area contributed by atoms with Crippen molar-refractivity contribution in [3.05, 3.63) is 41.8 Å². The van der Waals surface area contributed by atoms with Crippen LogP contribution in [0, 0.1) is 5.92 Å². The molecule has 32 heavy (non-hydrogen) atoms. The summed E-state index contributed by atoms with van der Waals surface area (Å²) in [4.78, 5) is 13.4. The van der Waals surface area contributed by atoms with Gasteiger partial charge in [-0.1, -0.05) is 11.2 Å².